The van der Waals surface area contributed by atoms with Crippen molar-refractivity contribution in [1.82, 2.24) is 14.6 Å². The van der Waals surface area contributed by atoms with Gasteiger partial charge in [0.1, 0.15) is 17.5 Å². The molecule has 21 heavy (non-hydrogen) atoms. The van der Waals surface area contributed by atoms with E-state index in [9.17, 15) is 18.0 Å². The number of rotatable bonds is 2. The van der Waals surface area contributed by atoms with Gasteiger partial charge in [0.2, 0.25) is 0 Å². The summed E-state index contributed by atoms with van der Waals surface area (Å²) in [5, 5.41) is 16.3. The van der Waals surface area contributed by atoms with Crippen LogP contribution in [0.4, 0.5) is 13.2 Å². The van der Waals surface area contributed by atoms with E-state index in [1.54, 1.807) is 0 Å². The topological polar surface area (TPSA) is 67.5 Å². The molecule has 0 aliphatic carbocycles. The maximum absolute atomic E-state index is 13.8. The predicted octanol–water partition coefficient (Wildman–Crippen LogP) is 2.51. The van der Waals surface area contributed by atoms with Crippen LogP contribution in [0.3, 0.4) is 0 Å². The number of carbonyl (C=O) groups is 1. The summed E-state index contributed by atoms with van der Waals surface area (Å²) in [6.45, 7) is 0. The van der Waals surface area contributed by atoms with Gasteiger partial charge in [-0.3, -0.25) is 4.40 Å². The third-order valence-electron chi connectivity index (χ3n) is 2.88. The lowest BCUT2D eigenvalue weighted by Crippen LogP contribution is -2.01. The first-order valence-corrected chi connectivity index (χ1v) is 5.70. The highest BCUT2D eigenvalue weighted by Gasteiger charge is 2.19. The molecule has 0 saturated heterocycles. The Kier molecular flexibility index (Phi) is 2.86. The molecular formula is C13H6F3N3O2. The van der Waals surface area contributed by atoms with Gasteiger partial charge in [0.05, 0.1) is 11.1 Å². The fraction of sp³-hybridized carbons (Fsp3) is 0. The average molecular weight is 293 g/mol. The molecule has 2 heterocycles. The first kappa shape index (κ1) is 13.1. The minimum Gasteiger partial charge on any atom is -0.478 e. The number of halogens is 3. The van der Waals surface area contributed by atoms with E-state index < -0.39 is 29.0 Å². The van der Waals surface area contributed by atoms with Gasteiger partial charge in [-0.2, -0.15) is 0 Å². The van der Waals surface area contributed by atoms with E-state index in [0.717, 1.165) is 10.6 Å². The molecule has 0 spiro atoms. The molecule has 1 N–H and O–H groups in total. The Bertz CT molecular complexity index is 853. The van der Waals surface area contributed by atoms with Crippen molar-refractivity contribution < 1.29 is 23.1 Å². The number of nitrogens with zero attached hydrogens (tertiary/aromatic N) is 3. The Morgan fingerprint density at radius 2 is 1.76 bits per heavy atom. The highest BCUT2D eigenvalue weighted by atomic mass is 19.1. The fourth-order valence-corrected chi connectivity index (χ4v) is 1.94. The second-order valence-electron chi connectivity index (χ2n) is 4.22. The van der Waals surface area contributed by atoms with Crippen LogP contribution in [0.5, 0.6) is 0 Å². The Morgan fingerprint density at radius 3 is 2.38 bits per heavy atom. The summed E-state index contributed by atoms with van der Waals surface area (Å²) in [7, 11) is 0. The zero-order valence-corrected chi connectivity index (χ0v) is 10.2. The highest BCUT2D eigenvalue weighted by Crippen LogP contribution is 2.26. The van der Waals surface area contributed by atoms with Crippen LogP contribution < -0.4 is 0 Å². The molecule has 0 unspecified atom stereocenters. The third-order valence-corrected chi connectivity index (χ3v) is 2.88. The molecule has 0 amide bonds. The largest absolute Gasteiger partial charge is 0.478 e. The maximum atomic E-state index is 13.8. The van der Waals surface area contributed by atoms with E-state index in [2.05, 4.69) is 10.2 Å². The molecule has 5 nitrogen and oxygen atoms in total. The van der Waals surface area contributed by atoms with Gasteiger partial charge >= 0.3 is 5.97 Å². The van der Waals surface area contributed by atoms with Crippen molar-refractivity contribution in [2.45, 2.75) is 0 Å². The second-order valence-corrected chi connectivity index (χ2v) is 4.22. The highest BCUT2D eigenvalue weighted by molar-refractivity contribution is 5.87. The number of fused-ring (bicyclic) bond motifs is 1. The van der Waals surface area contributed by atoms with Crippen molar-refractivity contribution >= 4 is 11.6 Å². The molecule has 3 rings (SSSR count). The van der Waals surface area contributed by atoms with Crippen molar-refractivity contribution in [2.24, 2.45) is 0 Å². The van der Waals surface area contributed by atoms with Gasteiger partial charge in [-0.1, -0.05) is 0 Å². The van der Waals surface area contributed by atoms with Crippen LogP contribution >= 0.6 is 0 Å². The van der Waals surface area contributed by atoms with Gasteiger partial charge in [0.25, 0.3) is 0 Å². The molecule has 0 aliphatic rings. The zero-order valence-electron chi connectivity index (χ0n) is 10.2. The smallest absolute Gasteiger partial charge is 0.337 e. The standard InChI is InChI=1S/C13H6F3N3O2/c14-7-3-8(15)11(9(16)4-7)12-18-17-10-2-1-6(13(20)21)5-19(10)12/h1-5H,(H,20,21). The Morgan fingerprint density at radius 1 is 1.10 bits per heavy atom. The quantitative estimate of drug-likeness (QED) is 0.788. The number of carboxylic acids is 1. The number of carboxylic acid groups (broad SMARTS) is 1. The van der Waals surface area contributed by atoms with E-state index in [4.69, 9.17) is 5.11 Å². The number of aromatic carboxylic acids is 1. The molecule has 0 fully saturated rings. The van der Waals surface area contributed by atoms with Gasteiger partial charge in [0.15, 0.2) is 11.5 Å². The summed E-state index contributed by atoms with van der Waals surface area (Å²) in [4.78, 5) is 10.9. The summed E-state index contributed by atoms with van der Waals surface area (Å²) >= 11 is 0. The first-order valence-electron chi connectivity index (χ1n) is 5.70. The molecule has 0 aliphatic heterocycles. The third kappa shape index (κ3) is 2.10. The average Bonchev–Trinajstić information content (AvgIpc) is 2.80. The van der Waals surface area contributed by atoms with Gasteiger partial charge in [-0.25, -0.2) is 18.0 Å². The summed E-state index contributed by atoms with van der Waals surface area (Å²) in [5.41, 5.74) is -0.476. The monoisotopic (exact) mass is 293 g/mol. The minimum absolute atomic E-state index is 0.105. The summed E-state index contributed by atoms with van der Waals surface area (Å²) < 4.78 is 41.6. The maximum Gasteiger partial charge on any atom is 0.337 e. The van der Waals surface area contributed by atoms with Gasteiger partial charge in [-0.15, -0.1) is 10.2 Å². The Hall–Kier alpha value is -2.90. The number of hydrogen-bond acceptors (Lipinski definition) is 3. The SMILES string of the molecule is O=C(O)c1ccc2nnc(-c3c(F)cc(F)cc3F)n2c1. The Labute approximate surface area is 115 Å². The van der Waals surface area contributed by atoms with Gasteiger partial charge < -0.3 is 5.11 Å². The molecule has 1 aromatic carbocycles. The van der Waals surface area contributed by atoms with Crippen molar-refractivity contribution in [3.05, 3.63) is 53.5 Å². The fourth-order valence-electron chi connectivity index (χ4n) is 1.94. The van der Waals surface area contributed by atoms with Gasteiger partial charge in [-0.05, 0) is 12.1 Å². The molecule has 2 aromatic heterocycles. The van der Waals surface area contributed by atoms with Crippen LogP contribution in [0.25, 0.3) is 17.0 Å². The van der Waals surface area contributed by atoms with Crippen molar-refractivity contribution in [3.63, 3.8) is 0 Å². The van der Waals surface area contributed by atoms with Crippen LogP contribution in [-0.4, -0.2) is 25.7 Å². The molecule has 0 radical (unpaired) electrons. The summed E-state index contributed by atoms with van der Waals surface area (Å²) in [6, 6.07) is 3.66. The number of benzene rings is 1. The molecule has 3 aromatic rings. The molecule has 8 heteroatoms. The van der Waals surface area contributed by atoms with Crippen molar-refractivity contribution in [1.29, 1.82) is 0 Å². The predicted molar refractivity (Wildman–Crippen MR) is 65.3 cm³/mol. The van der Waals surface area contributed by atoms with Crippen LogP contribution in [0.15, 0.2) is 30.5 Å². The van der Waals surface area contributed by atoms with Crippen LogP contribution in [0.2, 0.25) is 0 Å². The Balaban J connectivity index is 2.30. The van der Waals surface area contributed by atoms with Crippen molar-refractivity contribution in [3.8, 4) is 11.4 Å². The van der Waals surface area contributed by atoms with Crippen molar-refractivity contribution in [2.75, 3.05) is 0 Å². The molecule has 0 bridgehead atoms. The van der Waals surface area contributed by atoms with E-state index in [0.29, 0.717) is 12.1 Å². The lowest BCUT2D eigenvalue weighted by atomic mass is 10.1. The molecule has 106 valence electrons. The van der Waals surface area contributed by atoms with E-state index in [-0.39, 0.29) is 17.0 Å². The summed E-state index contributed by atoms with van der Waals surface area (Å²) in [5.74, 6) is -4.82. The van der Waals surface area contributed by atoms with E-state index >= 15 is 0 Å². The van der Waals surface area contributed by atoms with Crippen LogP contribution in [0.1, 0.15) is 10.4 Å². The number of hydrogen-bond donors (Lipinski definition) is 1. The zero-order chi connectivity index (χ0) is 15.1. The lowest BCUT2D eigenvalue weighted by molar-refractivity contribution is 0.0696. The lowest BCUT2D eigenvalue weighted by Gasteiger charge is -2.04. The minimum atomic E-state index is -1.21. The van der Waals surface area contributed by atoms with E-state index in [1.807, 2.05) is 0 Å². The molecule has 0 atom stereocenters. The van der Waals surface area contributed by atoms with Crippen LogP contribution in [-0.2, 0) is 0 Å². The second kappa shape index (κ2) is 4.58. The normalized spacial score (nSPS) is 11.0. The first-order chi connectivity index (χ1) is 9.97. The summed E-state index contributed by atoms with van der Waals surface area (Å²) in [6.07, 6.45) is 1.13. The molecule has 0 saturated carbocycles. The number of pyridine rings is 1. The van der Waals surface area contributed by atoms with Crippen LogP contribution in [0, 0.1) is 17.5 Å². The molecular weight excluding hydrogens is 287 g/mol. The number of aromatic nitrogens is 3. The van der Waals surface area contributed by atoms with Gasteiger partial charge in [0, 0.05) is 18.3 Å². The van der Waals surface area contributed by atoms with E-state index in [1.165, 1.54) is 12.1 Å².